The summed E-state index contributed by atoms with van der Waals surface area (Å²) < 4.78 is 22.3. The molecule has 2 aromatic carbocycles. The molecule has 2 aromatic rings. The monoisotopic (exact) mass is 465 g/mol. The maximum atomic E-state index is 12.2. The van der Waals surface area contributed by atoms with E-state index in [4.69, 9.17) is 18.9 Å². The Kier molecular flexibility index (Phi) is 5.46. The van der Waals surface area contributed by atoms with Crippen LogP contribution < -0.4 is 14.2 Å². The maximum Gasteiger partial charge on any atom is 0.363 e. The first kappa shape index (κ1) is 18.2. The molecule has 7 heteroatoms. The van der Waals surface area contributed by atoms with E-state index in [9.17, 15) is 4.79 Å². The number of aliphatic imine (C=N–C) groups is 1. The summed E-state index contributed by atoms with van der Waals surface area (Å²) in [5.74, 6) is 1.24. The smallest absolute Gasteiger partial charge is 0.363 e. The lowest BCUT2D eigenvalue weighted by Gasteiger charge is -2.12. The molecule has 0 atom stereocenters. The molecule has 134 valence electrons. The fraction of sp³-hybridized carbons (Fsp3) is 0.158. The molecule has 1 aliphatic rings. The van der Waals surface area contributed by atoms with E-state index < -0.39 is 5.97 Å². The molecule has 26 heavy (non-hydrogen) atoms. The minimum absolute atomic E-state index is 0.202. The molecule has 1 aliphatic heterocycles. The molecule has 0 aliphatic carbocycles. The summed E-state index contributed by atoms with van der Waals surface area (Å²) in [5.41, 5.74) is 1.63. The van der Waals surface area contributed by atoms with Gasteiger partial charge < -0.3 is 18.9 Å². The Morgan fingerprint density at radius 2 is 1.73 bits per heavy atom. The SMILES string of the molecule is COc1cc(C=C2N=C(c3cccc(I)c3)OC2=O)cc(OC)c1OC. The van der Waals surface area contributed by atoms with E-state index in [0.717, 1.165) is 9.13 Å². The molecule has 0 saturated carbocycles. The molecule has 0 spiro atoms. The van der Waals surface area contributed by atoms with Crippen LogP contribution in [0.3, 0.4) is 0 Å². The molecule has 0 amide bonds. The largest absolute Gasteiger partial charge is 0.493 e. The van der Waals surface area contributed by atoms with E-state index in [1.165, 1.54) is 21.3 Å². The van der Waals surface area contributed by atoms with Gasteiger partial charge in [0.05, 0.1) is 21.3 Å². The van der Waals surface area contributed by atoms with Crippen LogP contribution >= 0.6 is 22.6 Å². The third-order valence-electron chi connectivity index (χ3n) is 3.68. The quantitative estimate of drug-likeness (QED) is 0.383. The summed E-state index contributed by atoms with van der Waals surface area (Å²) in [4.78, 5) is 16.5. The van der Waals surface area contributed by atoms with Gasteiger partial charge >= 0.3 is 5.97 Å². The summed E-state index contributed by atoms with van der Waals surface area (Å²) >= 11 is 2.19. The van der Waals surface area contributed by atoms with E-state index >= 15 is 0 Å². The average molecular weight is 465 g/mol. The van der Waals surface area contributed by atoms with Gasteiger partial charge in [0.1, 0.15) is 0 Å². The molecule has 0 saturated heterocycles. The Balaban J connectivity index is 2.00. The molecule has 6 nitrogen and oxygen atoms in total. The molecule has 0 radical (unpaired) electrons. The highest BCUT2D eigenvalue weighted by Crippen LogP contribution is 2.39. The number of ether oxygens (including phenoxy) is 4. The van der Waals surface area contributed by atoms with Crippen molar-refractivity contribution in [2.24, 2.45) is 4.99 Å². The lowest BCUT2D eigenvalue weighted by molar-refractivity contribution is -0.129. The minimum Gasteiger partial charge on any atom is -0.493 e. The van der Waals surface area contributed by atoms with Crippen molar-refractivity contribution in [2.45, 2.75) is 0 Å². The third kappa shape index (κ3) is 3.67. The molecular formula is C19H16INO5. The van der Waals surface area contributed by atoms with E-state index in [1.807, 2.05) is 24.3 Å². The van der Waals surface area contributed by atoms with Gasteiger partial charge in [-0.2, -0.15) is 0 Å². The highest BCUT2D eigenvalue weighted by atomic mass is 127. The Hall–Kier alpha value is -2.55. The first-order valence-electron chi connectivity index (χ1n) is 7.64. The molecule has 0 unspecified atom stereocenters. The number of nitrogens with zero attached hydrogens (tertiary/aromatic N) is 1. The summed E-state index contributed by atoms with van der Waals surface area (Å²) in [5, 5.41) is 0. The van der Waals surface area contributed by atoms with Gasteiger partial charge in [-0.1, -0.05) is 6.07 Å². The highest BCUT2D eigenvalue weighted by Gasteiger charge is 2.24. The van der Waals surface area contributed by atoms with E-state index in [1.54, 1.807) is 18.2 Å². The lowest BCUT2D eigenvalue weighted by atomic mass is 10.1. The first-order chi connectivity index (χ1) is 12.5. The summed E-state index contributed by atoms with van der Waals surface area (Å²) in [6, 6.07) is 11.1. The van der Waals surface area contributed by atoms with Crippen LogP contribution in [0.15, 0.2) is 47.1 Å². The van der Waals surface area contributed by atoms with Crippen molar-refractivity contribution in [1.29, 1.82) is 0 Å². The fourth-order valence-corrected chi connectivity index (χ4v) is 3.04. The number of hydrogen-bond acceptors (Lipinski definition) is 6. The van der Waals surface area contributed by atoms with E-state index in [0.29, 0.717) is 22.8 Å². The maximum absolute atomic E-state index is 12.2. The summed E-state index contributed by atoms with van der Waals surface area (Å²) in [6.45, 7) is 0. The van der Waals surface area contributed by atoms with E-state index in [2.05, 4.69) is 27.6 Å². The van der Waals surface area contributed by atoms with Crippen molar-refractivity contribution in [3.05, 3.63) is 56.8 Å². The molecule has 0 fully saturated rings. The lowest BCUT2D eigenvalue weighted by Crippen LogP contribution is -2.05. The number of cyclic esters (lactones) is 1. The van der Waals surface area contributed by atoms with Crippen LogP contribution in [0.25, 0.3) is 6.08 Å². The van der Waals surface area contributed by atoms with Gasteiger partial charge in [0.25, 0.3) is 0 Å². The third-order valence-corrected chi connectivity index (χ3v) is 4.35. The summed E-state index contributed by atoms with van der Waals surface area (Å²) in [6.07, 6.45) is 1.62. The van der Waals surface area contributed by atoms with Crippen molar-refractivity contribution in [3.8, 4) is 17.2 Å². The number of rotatable bonds is 5. The first-order valence-corrected chi connectivity index (χ1v) is 8.72. The Bertz CT molecular complexity index is 895. The minimum atomic E-state index is -0.507. The van der Waals surface area contributed by atoms with Crippen molar-refractivity contribution >= 4 is 40.5 Å². The van der Waals surface area contributed by atoms with Crippen molar-refractivity contribution < 1.29 is 23.7 Å². The van der Waals surface area contributed by atoms with Gasteiger partial charge in [0, 0.05) is 9.13 Å². The number of carbonyl (C=O) groups is 1. The standard InChI is InChI=1S/C19H16INO5/c1-23-15-8-11(9-16(24-2)17(15)25-3)7-14-19(22)26-18(21-14)12-5-4-6-13(20)10-12/h4-10H,1-3H3. The Labute approximate surface area is 164 Å². The molecule has 0 bridgehead atoms. The predicted molar refractivity (Wildman–Crippen MR) is 106 cm³/mol. The Morgan fingerprint density at radius 1 is 1.04 bits per heavy atom. The second-order valence-corrected chi connectivity index (χ2v) is 6.55. The number of carbonyl (C=O) groups excluding carboxylic acids is 1. The number of benzene rings is 2. The number of esters is 1. The highest BCUT2D eigenvalue weighted by molar-refractivity contribution is 14.1. The van der Waals surface area contributed by atoms with Gasteiger partial charge in [-0.05, 0) is 64.6 Å². The second kappa shape index (κ2) is 7.77. The molecule has 0 aromatic heterocycles. The van der Waals surface area contributed by atoms with Crippen LogP contribution in [0.5, 0.6) is 17.2 Å². The fourth-order valence-electron chi connectivity index (χ4n) is 2.50. The van der Waals surface area contributed by atoms with Gasteiger partial charge in [-0.15, -0.1) is 0 Å². The van der Waals surface area contributed by atoms with Crippen molar-refractivity contribution in [1.82, 2.24) is 0 Å². The zero-order valence-corrected chi connectivity index (χ0v) is 16.6. The van der Waals surface area contributed by atoms with Crippen LogP contribution in [0, 0.1) is 3.57 Å². The van der Waals surface area contributed by atoms with Crippen LogP contribution in [0.4, 0.5) is 0 Å². The van der Waals surface area contributed by atoms with Gasteiger partial charge in [-0.25, -0.2) is 9.79 Å². The Morgan fingerprint density at radius 3 is 2.31 bits per heavy atom. The van der Waals surface area contributed by atoms with Gasteiger partial charge in [0.2, 0.25) is 11.6 Å². The molecule has 1 heterocycles. The van der Waals surface area contributed by atoms with Gasteiger partial charge in [0.15, 0.2) is 17.2 Å². The normalized spacial score (nSPS) is 14.8. The predicted octanol–water partition coefficient (Wildman–Crippen LogP) is 3.66. The van der Waals surface area contributed by atoms with Crippen LogP contribution in [0.2, 0.25) is 0 Å². The zero-order valence-electron chi connectivity index (χ0n) is 14.4. The number of methoxy groups -OCH3 is 3. The summed E-state index contributed by atoms with van der Waals surface area (Å²) in [7, 11) is 4.60. The van der Waals surface area contributed by atoms with Crippen LogP contribution in [-0.4, -0.2) is 33.2 Å². The van der Waals surface area contributed by atoms with E-state index in [-0.39, 0.29) is 11.6 Å². The second-order valence-electron chi connectivity index (χ2n) is 5.31. The number of halogens is 1. The molecule has 0 N–H and O–H groups in total. The van der Waals surface area contributed by atoms with Crippen LogP contribution in [0.1, 0.15) is 11.1 Å². The zero-order chi connectivity index (χ0) is 18.7. The number of hydrogen-bond donors (Lipinski definition) is 0. The molecular weight excluding hydrogens is 449 g/mol. The van der Waals surface area contributed by atoms with Crippen LogP contribution in [-0.2, 0) is 9.53 Å². The van der Waals surface area contributed by atoms with Crippen molar-refractivity contribution in [3.63, 3.8) is 0 Å². The van der Waals surface area contributed by atoms with Crippen molar-refractivity contribution in [2.75, 3.05) is 21.3 Å². The molecule has 3 rings (SSSR count). The topological polar surface area (TPSA) is 66.4 Å². The van der Waals surface area contributed by atoms with Gasteiger partial charge in [-0.3, -0.25) is 0 Å². The average Bonchev–Trinajstić information content (AvgIpc) is 3.01.